The Bertz CT molecular complexity index is 629. The molecule has 1 saturated heterocycles. The predicted molar refractivity (Wildman–Crippen MR) is 67.5 cm³/mol. The molecule has 0 aromatic carbocycles. The van der Waals surface area contributed by atoms with Crippen molar-refractivity contribution in [2.24, 2.45) is 0 Å². The third-order valence-electron chi connectivity index (χ3n) is 3.55. The van der Waals surface area contributed by atoms with Crippen molar-refractivity contribution < 1.29 is 14.6 Å². The van der Waals surface area contributed by atoms with Crippen LogP contribution in [0.3, 0.4) is 0 Å². The van der Waals surface area contributed by atoms with E-state index >= 15 is 0 Å². The molecule has 0 atom stereocenters. The Labute approximate surface area is 110 Å². The number of carboxylic acids is 1. The second-order valence-corrected chi connectivity index (χ2v) is 4.78. The SMILES string of the molecule is Cc1nc2cc(C3CCOCC3)ncn2c1C(=O)O. The molecule has 0 amide bonds. The molecule has 1 N–H and O–H groups in total. The van der Waals surface area contributed by atoms with Gasteiger partial charge in [-0.2, -0.15) is 0 Å². The van der Waals surface area contributed by atoms with Gasteiger partial charge in [0.25, 0.3) is 0 Å². The molecule has 1 aliphatic rings. The quantitative estimate of drug-likeness (QED) is 0.889. The van der Waals surface area contributed by atoms with Crippen LogP contribution < -0.4 is 0 Å². The minimum Gasteiger partial charge on any atom is -0.477 e. The van der Waals surface area contributed by atoms with Crippen molar-refractivity contribution in [1.29, 1.82) is 0 Å². The van der Waals surface area contributed by atoms with Crippen molar-refractivity contribution in [3.63, 3.8) is 0 Å². The highest BCUT2D eigenvalue weighted by molar-refractivity contribution is 5.88. The summed E-state index contributed by atoms with van der Waals surface area (Å²) in [6.45, 7) is 3.21. The van der Waals surface area contributed by atoms with Crippen LogP contribution in [0.2, 0.25) is 0 Å². The first kappa shape index (κ1) is 12.1. The van der Waals surface area contributed by atoms with Gasteiger partial charge in [0.15, 0.2) is 5.69 Å². The average molecular weight is 261 g/mol. The maximum absolute atomic E-state index is 11.2. The standard InChI is InChI=1S/C13H15N3O3/c1-8-12(13(17)18)16-7-14-10(6-11(16)15-8)9-2-4-19-5-3-9/h6-7,9H,2-5H2,1H3,(H,17,18). The van der Waals surface area contributed by atoms with Gasteiger partial charge in [-0.25, -0.2) is 14.8 Å². The first-order valence-corrected chi connectivity index (χ1v) is 6.32. The average Bonchev–Trinajstić information content (AvgIpc) is 2.74. The fraction of sp³-hybridized carbons (Fsp3) is 0.462. The molecular weight excluding hydrogens is 246 g/mol. The second-order valence-electron chi connectivity index (χ2n) is 4.78. The van der Waals surface area contributed by atoms with Gasteiger partial charge in [0.1, 0.15) is 12.0 Å². The van der Waals surface area contributed by atoms with Crippen molar-refractivity contribution in [1.82, 2.24) is 14.4 Å². The van der Waals surface area contributed by atoms with E-state index in [4.69, 9.17) is 9.84 Å². The van der Waals surface area contributed by atoms with Gasteiger partial charge in [0, 0.05) is 30.9 Å². The molecule has 0 radical (unpaired) electrons. The zero-order chi connectivity index (χ0) is 13.4. The molecule has 0 aliphatic carbocycles. The van der Waals surface area contributed by atoms with Gasteiger partial charge in [0.05, 0.1) is 5.69 Å². The Morgan fingerprint density at radius 2 is 2.21 bits per heavy atom. The molecule has 2 aromatic rings. The van der Waals surface area contributed by atoms with E-state index in [2.05, 4.69) is 9.97 Å². The van der Waals surface area contributed by atoms with E-state index in [0.717, 1.165) is 31.7 Å². The summed E-state index contributed by atoms with van der Waals surface area (Å²) in [5, 5.41) is 9.17. The van der Waals surface area contributed by atoms with E-state index in [9.17, 15) is 4.79 Å². The van der Waals surface area contributed by atoms with Crippen LogP contribution in [0, 0.1) is 6.92 Å². The van der Waals surface area contributed by atoms with Crippen molar-refractivity contribution >= 4 is 11.6 Å². The van der Waals surface area contributed by atoms with Crippen LogP contribution in [0.5, 0.6) is 0 Å². The molecule has 0 saturated carbocycles. The summed E-state index contributed by atoms with van der Waals surface area (Å²) in [7, 11) is 0. The summed E-state index contributed by atoms with van der Waals surface area (Å²) in [5.74, 6) is -0.602. The molecule has 19 heavy (non-hydrogen) atoms. The molecule has 3 rings (SSSR count). The number of aromatic nitrogens is 3. The third-order valence-corrected chi connectivity index (χ3v) is 3.55. The van der Waals surface area contributed by atoms with Crippen molar-refractivity contribution in [2.45, 2.75) is 25.7 Å². The Balaban J connectivity index is 2.04. The lowest BCUT2D eigenvalue weighted by molar-refractivity contribution is 0.0688. The number of aryl methyl sites for hydroxylation is 1. The van der Waals surface area contributed by atoms with Gasteiger partial charge >= 0.3 is 5.97 Å². The second kappa shape index (κ2) is 4.62. The predicted octanol–water partition coefficient (Wildman–Crippen LogP) is 1.63. The fourth-order valence-electron chi connectivity index (χ4n) is 2.55. The smallest absolute Gasteiger partial charge is 0.354 e. The van der Waals surface area contributed by atoms with E-state index in [0.29, 0.717) is 17.3 Å². The molecule has 2 aromatic heterocycles. The lowest BCUT2D eigenvalue weighted by Crippen LogP contribution is -2.15. The maximum atomic E-state index is 11.2. The Hall–Kier alpha value is -1.95. The highest BCUT2D eigenvalue weighted by Gasteiger charge is 2.20. The number of carboxylic acid groups (broad SMARTS) is 1. The number of rotatable bonds is 2. The molecule has 1 aliphatic heterocycles. The number of carbonyl (C=O) groups is 1. The van der Waals surface area contributed by atoms with E-state index in [1.54, 1.807) is 13.3 Å². The molecule has 6 heteroatoms. The zero-order valence-electron chi connectivity index (χ0n) is 10.7. The fourth-order valence-corrected chi connectivity index (χ4v) is 2.55. The van der Waals surface area contributed by atoms with Crippen LogP contribution in [0.4, 0.5) is 0 Å². The molecule has 6 nitrogen and oxygen atoms in total. The summed E-state index contributed by atoms with van der Waals surface area (Å²) >= 11 is 0. The number of imidazole rings is 1. The van der Waals surface area contributed by atoms with Crippen molar-refractivity contribution in [3.05, 3.63) is 29.5 Å². The van der Waals surface area contributed by atoms with E-state index < -0.39 is 5.97 Å². The normalized spacial score (nSPS) is 16.9. The Kier molecular flexibility index (Phi) is 2.94. The molecule has 1 fully saturated rings. The van der Waals surface area contributed by atoms with Gasteiger partial charge in [-0.3, -0.25) is 4.40 Å². The van der Waals surface area contributed by atoms with Crippen LogP contribution in [0.1, 0.15) is 40.6 Å². The minimum absolute atomic E-state index is 0.182. The van der Waals surface area contributed by atoms with Gasteiger partial charge < -0.3 is 9.84 Å². The van der Waals surface area contributed by atoms with Crippen molar-refractivity contribution in [3.8, 4) is 0 Å². The van der Waals surface area contributed by atoms with Crippen LogP contribution in [-0.2, 0) is 4.74 Å². The summed E-state index contributed by atoms with van der Waals surface area (Å²) in [6.07, 6.45) is 3.47. The molecule has 3 heterocycles. The van der Waals surface area contributed by atoms with Crippen molar-refractivity contribution in [2.75, 3.05) is 13.2 Å². The van der Waals surface area contributed by atoms with Crippen LogP contribution in [-0.4, -0.2) is 38.7 Å². The molecule has 100 valence electrons. The molecule has 0 spiro atoms. The van der Waals surface area contributed by atoms with Crippen LogP contribution in [0.25, 0.3) is 5.65 Å². The highest BCUT2D eigenvalue weighted by Crippen LogP contribution is 2.26. The summed E-state index contributed by atoms with van der Waals surface area (Å²) in [5.41, 5.74) is 2.31. The number of fused-ring (bicyclic) bond motifs is 1. The molecule has 0 unspecified atom stereocenters. The Morgan fingerprint density at radius 1 is 1.47 bits per heavy atom. The van der Waals surface area contributed by atoms with Gasteiger partial charge in [-0.1, -0.05) is 0 Å². The third kappa shape index (κ3) is 2.08. The highest BCUT2D eigenvalue weighted by atomic mass is 16.5. The lowest BCUT2D eigenvalue weighted by atomic mass is 9.96. The zero-order valence-corrected chi connectivity index (χ0v) is 10.7. The van der Waals surface area contributed by atoms with E-state index in [1.165, 1.54) is 4.40 Å². The number of aromatic carboxylic acids is 1. The van der Waals surface area contributed by atoms with E-state index in [-0.39, 0.29) is 5.69 Å². The topological polar surface area (TPSA) is 76.7 Å². The van der Waals surface area contributed by atoms with Crippen LogP contribution >= 0.6 is 0 Å². The first-order valence-electron chi connectivity index (χ1n) is 6.32. The number of ether oxygens (including phenoxy) is 1. The Morgan fingerprint density at radius 3 is 2.89 bits per heavy atom. The first-order chi connectivity index (χ1) is 9.16. The monoisotopic (exact) mass is 261 g/mol. The number of nitrogens with zero attached hydrogens (tertiary/aromatic N) is 3. The lowest BCUT2D eigenvalue weighted by Gasteiger charge is -2.21. The molecular formula is C13H15N3O3. The summed E-state index contributed by atoms with van der Waals surface area (Å²) < 4.78 is 6.87. The number of hydrogen-bond donors (Lipinski definition) is 1. The molecule has 0 bridgehead atoms. The van der Waals surface area contributed by atoms with E-state index in [1.807, 2.05) is 6.07 Å². The maximum Gasteiger partial charge on any atom is 0.354 e. The summed E-state index contributed by atoms with van der Waals surface area (Å²) in [6, 6.07) is 1.88. The number of hydrogen-bond acceptors (Lipinski definition) is 4. The van der Waals surface area contributed by atoms with Gasteiger partial charge in [-0.05, 0) is 19.8 Å². The van der Waals surface area contributed by atoms with Crippen LogP contribution in [0.15, 0.2) is 12.4 Å². The van der Waals surface area contributed by atoms with Gasteiger partial charge in [0.2, 0.25) is 0 Å². The summed E-state index contributed by atoms with van der Waals surface area (Å²) in [4.78, 5) is 19.9. The minimum atomic E-state index is -0.981. The van der Waals surface area contributed by atoms with Gasteiger partial charge in [-0.15, -0.1) is 0 Å². The largest absolute Gasteiger partial charge is 0.477 e.